The van der Waals surface area contributed by atoms with Gasteiger partial charge in [0.1, 0.15) is 30.0 Å². The Morgan fingerprint density at radius 3 is 2.46 bits per heavy atom. The first-order valence-corrected chi connectivity index (χ1v) is 7.14. The lowest BCUT2D eigenvalue weighted by molar-refractivity contribution is -0.119. The molecule has 0 aliphatic carbocycles. The molecule has 2 amide bonds. The Morgan fingerprint density at radius 2 is 1.83 bits per heavy atom. The van der Waals surface area contributed by atoms with Crippen LogP contribution < -0.4 is 15.8 Å². The van der Waals surface area contributed by atoms with Crippen LogP contribution in [0.25, 0.3) is 0 Å². The van der Waals surface area contributed by atoms with Gasteiger partial charge in [-0.15, -0.1) is 0 Å². The molecular weight excluding hydrogens is 318 g/mol. The van der Waals surface area contributed by atoms with E-state index in [0.717, 1.165) is 6.07 Å². The van der Waals surface area contributed by atoms with Crippen LogP contribution in [0.3, 0.4) is 0 Å². The summed E-state index contributed by atoms with van der Waals surface area (Å²) in [6.45, 7) is 1.31. The third kappa shape index (κ3) is 4.52. The van der Waals surface area contributed by atoms with Gasteiger partial charge in [0.05, 0.1) is 0 Å². The van der Waals surface area contributed by atoms with Crippen LogP contribution in [-0.2, 0) is 11.4 Å². The molecule has 0 fully saturated rings. The Balaban J connectivity index is 2.09. The van der Waals surface area contributed by atoms with Crippen molar-refractivity contribution >= 4 is 11.8 Å². The van der Waals surface area contributed by atoms with Crippen LogP contribution in [0.15, 0.2) is 42.5 Å². The molecule has 0 aromatic heterocycles. The molecule has 7 heteroatoms. The molecule has 0 radical (unpaired) electrons. The first-order chi connectivity index (χ1) is 11.4. The minimum absolute atomic E-state index is 0.135. The third-order valence-electron chi connectivity index (χ3n) is 3.29. The number of amides is 2. The smallest absolute Gasteiger partial charge is 0.251 e. The van der Waals surface area contributed by atoms with E-state index in [2.05, 4.69) is 5.32 Å². The van der Waals surface area contributed by atoms with E-state index in [4.69, 9.17) is 10.5 Å². The first-order valence-electron chi connectivity index (χ1n) is 7.14. The molecule has 2 aromatic carbocycles. The van der Waals surface area contributed by atoms with Crippen molar-refractivity contribution in [3.05, 3.63) is 65.2 Å². The van der Waals surface area contributed by atoms with Gasteiger partial charge in [-0.25, -0.2) is 8.78 Å². The largest absolute Gasteiger partial charge is 0.489 e. The Hall–Kier alpha value is -2.96. The van der Waals surface area contributed by atoms with Gasteiger partial charge in [-0.05, 0) is 49.4 Å². The van der Waals surface area contributed by atoms with E-state index < -0.39 is 29.5 Å². The van der Waals surface area contributed by atoms with Gasteiger partial charge in [0.2, 0.25) is 5.91 Å². The Bertz CT molecular complexity index is 748. The van der Waals surface area contributed by atoms with Gasteiger partial charge in [0.25, 0.3) is 5.91 Å². The monoisotopic (exact) mass is 334 g/mol. The highest BCUT2D eigenvalue weighted by atomic mass is 19.1. The second kappa shape index (κ2) is 7.54. The number of hydrogen-bond donors (Lipinski definition) is 2. The highest BCUT2D eigenvalue weighted by Gasteiger charge is 2.15. The number of benzene rings is 2. The Labute approximate surface area is 137 Å². The van der Waals surface area contributed by atoms with Crippen LogP contribution in [-0.4, -0.2) is 17.9 Å². The van der Waals surface area contributed by atoms with E-state index in [9.17, 15) is 18.4 Å². The predicted molar refractivity (Wildman–Crippen MR) is 83.3 cm³/mol. The number of ether oxygens (including phenoxy) is 1. The lowest BCUT2D eigenvalue weighted by atomic mass is 10.1. The van der Waals surface area contributed by atoms with Gasteiger partial charge in [-0.1, -0.05) is 0 Å². The molecule has 5 nitrogen and oxygen atoms in total. The summed E-state index contributed by atoms with van der Waals surface area (Å²) in [7, 11) is 0. The van der Waals surface area contributed by atoms with Crippen molar-refractivity contribution < 1.29 is 23.1 Å². The van der Waals surface area contributed by atoms with Gasteiger partial charge in [-0.3, -0.25) is 9.59 Å². The van der Waals surface area contributed by atoms with E-state index in [1.807, 2.05) is 0 Å². The first kappa shape index (κ1) is 17.4. The summed E-state index contributed by atoms with van der Waals surface area (Å²) in [4.78, 5) is 23.0. The SMILES string of the molecule is C[C@@H](NC(=O)c1ccc(F)c(COc2ccc(F)cc2)c1)C(N)=O. The topological polar surface area (TPSA) is 81.4 Å². The standard InChI is InChI=1S/C17H16F2N2O3/c1-10(16(20)22)21-17(23)11-2-7-15(19)12(8-11)9-24-14-5-3-13(18)4-6-14/h2-8,10H,9H2,1H3,(H2,20,22)(H,21,23)/t10-/m1/s1. The highest BCUT2D eigenvalue weighted by molar-refractivity contribution is 5.97. The molecule has 0 saturated carbocycles. The van der Waals surface area contributed by atoms with Gasteiger partial charge < -0.3 is 15.8 Å². The van der Waals surface area contributed by atoms with Gasteiger partial charge in [0.15, 0.2) is 0 Å². The number of carbonyl (C=O) groups excluding carboxylic acids is 2. The van der Waals surface area contributed by atoms with Crippen LogP contribution in [0.4, 0.5) is 8.78 Å². The van der Waals surface area contributed by atoms with Crippen molar-refractivity contribution in [2.75, 3.05) is 0 Å². The Kier molecular flexibility index (Phi) is 5.47. The maximum absolute atomic E-state index is 13.8. The summed E-state index contributed by atoms with van der Waals surface area (Å²) in [6, 6.07) is 8.18. The summed E-state index contributed by atoms with van der Waals surface area (Å²) < 4.78 is 32.0. The summed E-state index contributed by atoms with van der Waals surface area (Å²) in [5.41, 5.74) is 5.40. The molecule has 0 heterocycles. The predicted octanol–water partition coefficient (Wildman–Crippen LogP) is 2.15. The van der Waals surface area contributed by atoms with Crippen molar-refractivity contribution in [2.24, 2.45) is 5.73 Å². The molecule has 126 valence electrons. The molecule has 0 aliphatic rings. The fourth-order valence-corrected chi connectivity index (χ4v) is 1.87. The van der Waals surface area contributed by atoms with E-state index in [-0.39, 0.29) is 17.7 Å². The number of nitrogens with one attached hydrogen (secondary N) is 1. The number of primary amides is 1. The average molecular weight is 334 g/mol. The normalized spacial score (nSPS) is 11.6. The lowest BCUT2D eigenvalue weighted by Crippen LogP contribution is -2.42. The molecule has 2 rings (SSSR count). The van der Waals surface area contributed by atoms with Crippen LogP contribution >= 0.6 is 0 Å². The number of rotatable bonds is 6. The minimum atomic E-state index is -0.846. The summed E-state index contributed by atoms with van der Waals surface area (Å²) in [5.74, 6) is -1.81. The van der Waals surface area contributed by atoms with Crippen LogP contribution in [0.5, 0.6) is 5.75 Å². The molecule has 0 bridgehead atoms. The van der Waals surface area contributed by atoms with Crippen molar-refractivity contribution in [3.8, 4) is 5.75 Å². The van der Waals surface area contributed by atoms with Crippen molar-refractivity contribution in [1.82, 2.24) is 5.32 Å². The highest BCUT2D eigenvalue weighted by Crippen LogP contribution is 2.16. The van der Waals surface area contributed by atoms with Gasteiger partial charge >= 0.3 is 0 Å². The lowest BCUT2D eigenvalue weighted by Gasteiger charge is -2.12. The van der Waals surface area contributed by atoms with Crippen molar-refractivity contribution in [2.45, 2.75) is 19.6 Å². The van der Waals surface area contributed by atoms with Crippen molar-refractivity contribution in [1.29, 1.82) is 0 Å². The summed E-state index contributed by atoms with van der Waals surface area (Å²) in [5, 5.41) is 2.40. The third-order valence-corrected chi connectivity index (χ3v) is 3.29. The van der Waals surface area contributed by atoms with Crippen molar-refractivity contribution in [3.63, 3.8) is 0 Å². The maximum atomic E-state index is 13.8. The van der Waals surface area contributed by atoms with Gasteiger partial charge in [0, 0.05) is 11.1 Å². The van der Waals surface area contributed by atoms with E-state index in [1.165, 1.54) is 43.3 Å². The summed E-state index contributed by atoms with van der Waals surface area (Å²) in [6.07, 6.45) is 0. The quantitative estimate of drug-likeness (QED) is 0.849. The van der Waals surface area contributed by atoms with Crippen LogP contribution in [0, 0.1) is 11.6 Å². The number of carbonyl (C=O) groups is 2. The molecule has 1 atom stereocenters. The minimum Gasteiger partial charge on any atom is -0.489 e. The second-order valence-electron chi connectivity index (χ2n) is 5.15. The van der Waals surface area contributed by atoms with Crippen LogP contribution in [0.2, 0.25) is 0 Å². The molecule has 24 heavy (non-hydrogen) atoms. The fraction of sp³-hybridized carbons (Fsp3) is 0.176. The zero-order valence-corrected chi connectivity index (χ0v) is 12.9. The van der Waals surface area contributed by atoms with E-state index in [1.54, 1.807) is 0 Å². The fourth-order valence-electron chi connectivity index (χ4n) is 1.87. The molecule has 2 aromatic rings. The molecule has 0 unspecified atom stereocenters. The molecular formula is C17H16F2N2O3. The van der Waals surface area contributed by atoms with E-state index in [0.29, 0.717) is 5.75 Å². The average Bonchev–Trinajstić information content (AvgIpc) is 2.55. The molecule has 0 saturated heterocycles. The number of hydrogen-bond acceptors (Lipinski definition) is 3. The number of nitrogens with two attached hydrogens (primary N) is 1. The van der Waals surface area contributed by atoms with Gasteiger partial charge in [-0.2, -0.15) is 0 Å². The van der Waals surface area contributed by atoms with Crippen LogP contribution in [0.1, 0.15) is 22.8 Å². The maximum Gasteiger partial charge on any atom is 0.251 e. The number of halogens is 2. The zero-order valence-electron chi connectivity index (χ0n) is 12.9. The Morgan fingerprint density at radius 1 is 1.17 bits per heavy atom. The molecule has 0 aliphatic heterocycles. The second-order valence-corrected chi connectivity index (χ2v) is 5.15. The molecule has 0 spiro atoms. The summed E-state index contributed by atoms with van der Waals surface area (Å²) >= 11 is 0. The zero-order chi connectivity index (χ0) is 17.7. The molecule has 3 N–H and O–H groups in total. The van der Waals surface area contributed by atoms with E-state index >= 15 is 0 Å².